The summed E-state index contributed by atoms with van der Waals surface area (Å²) in [6.07, 6.45) is 14.2. The maximum Gasteiger partial charge on any atom is 0.146 e. The van der Waals surface area contributed by atoms with Crippen LogP contribution in [0.15, 0.2) is 23.8 Å². The molecule has 0 aliphatic heterocycles. The molecule has 1 rings (SSSR count). The second kappa shape index (κ2) is 5.76. The standard InChI is InChI=1S/C11H16O/c12-10-11-8-6-4-2-1-3-5-7-9-11/h4,6,8,10H,1-3,5,7,9H2. The van der Waals surface area contributed by atoms with Crippen molar-refractivity contribution in [3.05, 3.63) is 23.8 Å². The molecule has 0 fully saturated rings. The number of hydrogen-bond donors (Lipinski definition) is 0. The third-order valence-corrected chi connectivity index (χ3v) is 2.18. The molecule has 1 aliphatic rings. The maximum absolute atomic E-state index is 10.5. The van der Waals surface area contributed by atoms with Crippen molar-refractivity contribution in [1.82, 2.24) is 0 Å². The minimum atomic E-state index is 0.938. The molecule has 1 nitrogen and oxygen atoms in total. The lowest BCUT2D eigenvalue weighted by molar-refractivity contribution is -0.105. The van der Waals surface area contributed by atoms with Gasteiger partial charge in [0.05, 0.1) is 0 Å². The van der Waals surface area contributed by atoms with Crippen LogP contribution in [0.3, 0.4) is 0 Å². The van der Waals surface area contributed by atoms with E-state index in [9.17, 15) is 4.79 Å². The predicted molar refractivity (Wildman–Crippen MR) is 51.0 cm³/mol. The quantitative estimate of drug-likeness (QED) is 0.544. The third kappa shape index (κ3) is 3.51. The fourth-order valence-corrected chi connectivity index (χ4v) is 1.41. The number of aldehydes is 1. The summed E-state index contributed by atoms with van der Waals surface area (Å²) in [6.45, 7) is 0. The fraction of sp³-hybridized carbons (Fsp3) is 0.545. The molecule has 66 valence electrons. The Morgan fingerprint density at radius 1 is 1.17 bits per heavy atom. The number of allylic oxidation sites excluding steroid dienone is 4. The number of rotatable bonds is 1. The van der Waals surface area contributed by atoms with Gasteiger partial charge in [0.15, 0.2) is 0 Å². The first kappa shape index (κ1) is 9.24. The molecular weight excluding hydrogens is 148 g/mol. The van der Waals surface area contributed by atoms with Gasteiger partial charge in [-0.05, 0) is 31.3 Å². The van der Waals surface area contributed by atoms with Gasteiger partial charge >= 0.3 is 0 Å². The van der Waals surface area contributed by atoms with E-state index in [1.165, 1.54) is 25.7 Å². The van der Waals surface area contributed by atoms with Crippen LogP contribution in [0, 0.1) is 0 Å². The second-order valence-corrected chi connectivity index (χ2v) is 3.24. The molecule has 0 aromatic heterocycles. The van der Waals surface area contributed by atoms with E-state index >= 15 is 0 Å². The Labute approximate surface area is 74.2 Å². The zero-order chi connectivity index (χ0) is 8.65. The predicted octanol–water partition coefficient (Wildman–Crippen LogP) is 3.02. The van der Waals surface area contributed by atoms with Gasteiger partial charge in [-0.3, -0.25) is 4.79 Å². The molecule has 0 amide bonds. The monoisotopic (exact) mass is 164 g/mol. The molecule has 0 unspecified atom stereocenters. The van der Waals surface area contributed by atoms with Gasteiger partial charge in [-0.25, -0.2) is 0 Å². The number of hydrogen-bond acceptors (Lipinski definition) is 1. The van der Waals surface area contributed by atoms with Gasteiger partial charge in [0, 0.05) is 0 Å². The fourth-order valence-electron chi connectivity index (χ4n) is 1.41. The third-order valence-electron chi connectivity index (χ3n) is 2.18. The molecule has 0 aromatic rings. The summed E-state index contributed by atoms with van der Waals surface area (Å²) in [5, 5.41) is 0. The van der Waals surface area contributed by atoms with Crippen molar-refractivity contribution in [3.63, 3.8) is 0 Å². The Balaban J connectivity index is 2.50. The highest BCUT2D eigenvalue weighted by Crippen LogP contribution is 2.12. The van der Waals surface area contributed by atoms with E-state index < -0.39 is 0 Å². The Bertz CT molecular complexity index is 189. The van der Waals surface area contributed by atoms with Crippen LogP contribution < -0.4 is 0 Å². The average Bonchev–Trinajstić information content (AvgIpc) is 2.14. The van der Waals surface area contributed by atoms with Crippen molar-refractivity contribution < 1.29 is 4.79 Å². The van der Waals surface area contributed by atoms with Crippen LogP contribution in [0.2, 0.25) is 0 Å². The molecule has 0 spiro atoms. The summed E-state index contributed by atoms with van der Waals surface area (Å²) < 4.78 is 0. The smallest absolute Gasteiger partial charge is 0.146 e. The highest BCUT2D eigenvalue weighted by molar-refractivity contribution is 5.73. The first-order chi connectivity index (χ1) is 5.93. The van der Waals surface area contributed by atoms with Gasteiger partial charge in [-0.2, -0.15) is 0 Å². The summed E-state index contributed by atoms with van der Waals surface area (Å²) in [5.74, 6) is 0. The molecule has 0 radical (unpaired) electrons. The van der Waals surface area contributed by atoms with E-state index in [1.807, 2.05) is 12.2 Å². The van der Waals surface area contributed by atoms with E-state index in [1.54, 1.807) is 0 Å². The topological polar surface area (TPSA) is 17.1 Å². The molecule has 0 bridgehead atoms. The van der Waals surface area contributed by atoms with E-state index in [2.05, 4.69) is 6.08 Å². The molecular formula is C11H16O. The molecule has 12 heavy (non-hydrogen) atoms. The van der Waals surface area contributed by atoms with Crippen molar-refractivity contribution >= 4 is 6.29 Å². The first-order valence-electron chi connectivity index (χ1n) is 4.74. The van der Waals surface area contributed by atoms with Gasteiger partial charge in [0.1, 0.15) is 6.29 Å². The molecule has 0 saturated carbocycles. The van der Waals surface area contributed by atoms with Crippen LogP contribution >= 0.6 is 0 Å². The highest BCUT2D eigenvalue weighted by atomic mass is 16.1. The van der Waals surface area contributed by atoms with E-state index in [4.69, 9.17) is 0 Å². The molecule has 0 N–H and O–H groups in total. The van der Waals surface area contributed by atoms with Gasteiger partial charge in [0.2, 0.25) is 0 Å². The Morgan fingerprint density at radius 2 is 2.00 bits per heavy atom. The average molecular weight is 164 g/mol. The number of carbonyl (C=O) groups is 1. The van der Waals surface area contributed by atoms with Crippen LogP contribution in [0.1, 0.15) is 38.5 Å². The minimum Gasteiger partial charge on any atom is -0.298 e. The number of carbonyl (C=O) groups excluding carboxylic acids is 1. The molecule has 0 atom stereocenters. The molecule has 0 saturated heterocycles. The van der Waals surface area contributed by atoms with Crippen LogP contribution in [0.4, 0.5) is 0 Å². The molecule has 0 heterocycles. The Hall–Kier alpha value is -0.850. The van der Waals surface area contributed by atoms with Crippen LogP contribution in [0.25, 0.3) is 0 Å². The van der Waals surface area contributed by atoms with E-state index in [0.717, 1.165) is 24.7 Å². The Kier molecular flexibility index (Phi) is 4.43. The summed E-state index contributed by atoms with van der Waals surface area (Å²) in [6, 6.07) is 0. The van der Waals surface area contributed by atoms with Gasteiger partial charge in [-0.15, -0.1) is 0 Å². The maximum atomic E-state index is 10.5. The summed E-state index contributed by atoms with van der Waals surface area (Å²) in [5.41, 5.74) is 0.938. The summed E-state index contributed by atoms with van der Waals surface area (Å²) in [7, 11) is 0. The van der Waals surface area contributed by atoms with Crippen molar-refractivity contribution in [3.8, 4) is 0 Å². The van der Waals surface area contributed by atoms with Gasteiger partial charge < -0.3 is 0 Å². The van der Waals surface area contributed by atoms with Crippen molar-refractivity contribution in [2.45, 2.75) is 38.5 Å². The molecule has 1 heteroatoms. The largest absolute Gasteiger partial charge is 0.298 e. The van der Waals surface area contributed by atoms with Crippen molar-refractivity contribution in [1.29, 1.82) is 0 Å². The van der Waals surface area contributed by atoms with E-state index in [-0.39, 0.29) is 0 Å². The zero-order valence-electron chi connectivity index (χ0n) is 7.46. The van der Waals surface area contributed by atoms with Crippen molar-refractivity contribution in [2.24, 2.45) is 0 Å². The first-order valence-corrected chi connectivity index (χ1v) is 4.74. The summed E-state index contributed by atoms with van der Waals surface area (Å²) in [4.78, 5) is 10.5. The SMILES string of the molecule is O=CC1=CC=CCCCCCC1. The van der Waals surface area contributed by atoms with E-state index in [0.29, 0.717) is 0 Å². The van der Waals surface area contributed by atoms with Crippen molar-refractivity contribution in [2.75, 3.05) is 0 Å². The lowest BCUT2D eigenvalue weighted by atomic mass is 10.0. The highest BCUT2D eigenvalue weighted by Gasteiger charge is 1.96. The molecule has 1 aliphatic carbocycles. The molecule has 0 aromatic carbocycles. The van der Waals surface area contributed by atoms with Gasteiger partial charge in [-0.1, -0.05) is 31.1 Å². The normalized spacial score (nSPS) is 19.8. The van der Waals surface area contributed by atoms with Gasteiger partial charge in [0.25, 0.3) is 0 Å². The zero-order valence-corrected chi connectivity index (χ0v) is 7.46. The second-order valence-electron chi connectivity index (χ2n) is 3.24. The van der Waals surface area contributed by atoms with Crippen LogP contribution in [-0.2, 0) is 4.79 Å². The lowest BCUT2D eigenvalue weighted by Crippen LogP contribution is -1.87. The van der Waals surface area contributed by atoms with Crippen LogP contribution in [-0.4, -0.2) is 6.29 Å². The summed E-state index contributed by atoms with van der Waals surface area (Å²) >= 11 is 0. The van der Waals surface area contributed by atoms with Crippen LogP contribution in [0.5, 0.6) is 0 Å². The Morgan fingerprint density at radius 3 is 2.83 bits per heavy atom. The lowest BCUT2D eigenvalue weighted by Gasteiger charge is -2.01. The minimum absolute atomic E-state index is 0.938.